The summed E-state index contributed by atoms with van der Waals surface area (Å²) in [5.41, 5.74) is 0. The number of hydrogen-bond acceptors (Lipinski definition) is 5. The highest BCUT2D eigenvalue weighted by Crippen LogP contribution is 2.20. The van der Waals surface area contributed by atoms with E-state index in [2.05, 4.69) is 4.90 Å². The van der Waals surface area contributed by atoms with Gasteiger partial charge in [0.15, 0.2) is 0 Å². The predicted octanol–water partition coefficient (Wildman–Crippen LogP) is 0.492. The Morgan fingerprint density at radius 2 is 1.79 bits per heavy atom. The van der Waals surface area contributed by atoms with E-state index in [0.717, 1.165) is 25.9 Å². The molecule has 0 aromatic rings. The number of piperidine rings is 1. The fourth-order valence-corrected chi connectivity index (χ4v) is 2.53. The fraction of sp³-hybridized carbons (Fsp3) is 1.00. The zero-order valence-electron chi connectivity index (χ0n) is 12.4. The summed E-state index contributed by atoms with van der Waals surface area (Å²) in [6.45, 7) is 7.23. The van der Waals surface area contributed by atoms with Gasteiger partial charge < -0.3 is 24.6 Å². The third-order valence-electron chi connectivity index (χ3n) is 3.76. The van der Waals surface area contributed by atoms with Crippen molar-refractivity contribution in [1.29, 1.82) is 0 Å². The van der Waals surface area contributed by atoms with E-state index in [4.69, 9.17) is 9.47 Å². The molecule has 1 saturated heterocycles. The van der Waals surface area contributed by atoms with Crippen molar-refractivity contribution in [2.24, 2.45) is 5.92 Å². The minimum atomic E-state index is -0.456. The largest absolute Gasteiger partial charge is 0.393 e. The summed E-state index contributed by atoms with van der Waals surface area (Å²) < 4.78 is 10.5. The highest BCUT2D eigenvalue weighted by molar-refractivity contribution is 4.77. The maximum absolute atomic E-state index is 9.94. The van der Waals surface area contributed by atoms with E-state index in [1.807, 2.05) is 13.8 Å². The van der Waals surface area contributed by atoms with Crippen LogP contribution in [-0.2, 0) is 9.47 Å². The maximum atomic E-state index is 9.94. The molecule has 0 bridgehead atoms. The lowest BCUT2D eigenvalue weighted by Gasteiger charge is -2.34. The van der Waals surface area contributed by atoms with Crippen LogP contribution in [0.1, 0.15) is 26.7 Å². The minimum Gasteiger partial charge on any atom is -0.393 e. The first kappa shape index (κ1) is 16.9. The predicted molar refractivity (Wildman–Crippen MR) is 74.1 cm³/mol. The average molecular weight is 275 g/mol. The fourth-order valence-electron chi connectivity index (χ4n) is 2.53. The second kappa shape index (κ2) is 8.87. The summed E-state index contributed by atoms with van der Waals surface area (Å²) in [6, 6.07) is 0. The molecule has 2 N–H and O–H groups in total. The molecule has 3 atom stereocenters. The van der Waals surface area contributed by atoms with E-state index in [1.165, 1.54) is 0 Å². The van der Waals surface area contributed by atoms with Gasteiger partial charge >= 0.3 is 0 Å². The lowest BCUT2D eigenvalue weighted by atomic mass is 9.92. The first-order valence-corrected chi connectivity index (χ1v) is 7.22. The van der Waals surface area contributed by atoms with Crippen LogP contribution in [0.25, 0.3) is 0 Å². The molecular formula is C14H29NO4. The zero-order chi connectivity index (χ0) is 14.3. The van der Waals surface area contributed by atoms with Gasteiger partial charge in [-0.15, -0.1) is 0 Å². The van der Waals surface area contributed by atoms with Gasteiger partial charge in [-0.25, -0.2) is 0 Å². The van der Waals surface area contributed by atoms with E-state index < -0.39 is 6.10 Å². The maximum Gasteiger partial charge on any atom is 0.0900 e. The number of aliphatic hydroxyl groups excluding tert-OH is 2. The molecule has 0 aromatic heterocycles. The molecule has 19 heavy (non-hydrogen) atoms. The highest BCUT2D eigenvalue weighted by atomic mass is 16.5. The molecule has 5 nitrogen and oxygen atoms in total. The molecule has 1 rings (SSSR count). The number of ether oxygens (including phenoxy) is 2. The summed E-state index contributed by atoms with van der Waals surface area (Å²) in [6.07, 6.45) is 1.35. The molecule has 1 aliphatic heterocycles. The number of likely N-dealkylation sites (tertiary alicyclic amines) is 1. The number of rotatable bonds is 8. The van der Waals surface area contributed by atoms with Crippen LogP contribution in [0.3, 0.4) is 0 Å². The summed E-state index contributed by atoms with van der Waals surface area (Å²) in [5, 5.41) is 19.5. The van der Waals surface area contributed by atoms with Crippen molar-refractivity contribution in [1.82, 2.24) is 4.90 Å². The third-order valence-corrected chi connectivity index (χ3v) is 3.76. The van der Waals surface area contributed by atoms with Gasteiger partial charge in [0.1, 0.15) is 0 Å². The molecule has 0 radical (unpaired) electrons. The highest BCUT2D eigenvalue weighted by Gasteiger charge is 2.23. The Kier molecular flexibility index (Phi) is 7.87. The second-order valence-electron chi connectivity index (χ2n) is 5.63. The smallest absolute Gasteiger partial charge is 0.0900 e. The molecule has 3 unspecified atom stereocenters. The van der Waals surface area contributed by atoms with Gasteiger partial charge in [-0.05, 0) is 45.7 Å². The molecule has 0 amide bonds. The second-order valence-corrected chi connectivity index (χ2v) is 5.63. The van der Waals surface area contributed by atoms with E-state index in [0.29, 0.717) is 25.7 Å². The van der Waals surface area contributed by atoms with Crippen LogP contribution >= 0.6 is 0 Å². The van der Waals surface area contributed by atoms with Crippen LogP contribution < -0.4 is 0 Å². The van der Waals surface area contributed by atoms with Gasteiger partial charge in [0.25, 0.3) is 0 Å². The Hall–Kier alpha value is -0.200. The molecule has 0 saturated carbocycles. The standard InChI is InChI=1S/C14H29NO4/c1-11(9-18-3)19-10-14(17)8-15-6-4-13(5-7-15)12(2)16/h11-14,16-17H,4-10H2,1-3H3. The van der Waals surface area contributed by atoms with E-state index in [1.54, 1.807) is 7.11 Å². The van der Waals surface area contributed by atoms with Crippen LogP contribution in [0.5, 0.6) is 0 Å². The SMILES string of the molecule is COCC(C)OCC(O)CN1CCC(C(C)O)CC1. The molecule has 1 heterocycles. The number of nitrogens with zero attached hydrogens (tertiary/aromatic N) is 1. The lowest BCUT2D eigenvalue weighted by Crippen LogP contribution is -2.42. The van der Waals surface area contributed by atoms with Crippen molar-refractivity contribution < 1.29 is 19.7 Å². The van der Waals surface area contributed by atoms with Crippen LogP contribution in [0.2, 0.25) is 0 Å². The topological polar surface area (TPSA) is 62.2 Å². The van der Waals surface area contributed by atoms with E-state index >= 15 is 0 Å². The van der Waals surface area contributed by atoms with Crippen molar-refractivity contribution in [3.63, 3.8) is 0 Å². The first-order valence-electron chi connectivity index (χ1n) is 7.22. The summed E-state index contributed by atoms with van der Waals surface area (Å²) in [4.78, 5) is 2.24. The Morgan fingerprint density at radius 1 is 1.16 bits per heavy atom. The number of aliphatic hydroxyl groups is 2. The van der Waals surface area contributed by atoms with Gasteiger partial charge in [-0.3, -0.25) is 0 Å². The van der Waals surface area contributed by atoms with Gasteiger partial charge in [-0.1, -0.05) is 0 Å². The number of methoxy groups -OCH3 is 1. The van der Waals surface area contributed by atoms with Crippen LogP contribution in [0.15, 0.2) is 0 Å². The van der Waals surface area contributed by atoms with Gasteiger partial charge in [0.2, 0.25) is 0 Å². The van der Waals surface area contributed by atoms with E-state index in [-0.39, 0.29) is 12.2 Å². The molecule has 114 valence electrons. The third kappa shape index (κ3) is 6.68. The Bertz CT molecular complexity index is 229. The monoisotopic (exact) mass is 275 g/mol. The van der Waals surface area contributed by atoms with Crippen LogP contribution in [-0.4, -0.2) is 73.4 Å². The van der Waals surface area contributed by atoms with Gasteiger partial charge in [0.05, 0.1) is 31.5 Å². The van der Waals surface area contributed by atoms with Crippen molar-refractivity contribution >= 4 is 0 Å². The number of hydrogen-bond donors (Lipinski definition) is 2. The summed E-state index contributed by atoms with van der Waals surface area (Å²) in [7, 11) is 1.64. The van der Waals surface area contributed by atoms with E-state index in [9.17, 15) is 10.2 Å². The van der Waals surface area contributed by atoms with Crippen LogP contribution in [0, 0.1) is 5.92 Å². The van der Waals surface area contributed by atoms with Crippen LogP contribution in [0.4, 0.5) is 0 Å². The molecule has 5 heteroatoms. The molecular weight excluding hydrogens is 246 g/mol. The van der Waals surface area contributed by atoms with Gasteiger partial charge in [0, 0.05) is 13.7 Å². The quantitative estimate of drug-likeness (QED) is 0.675. The van der Waals surface area contributed by atoms with Gasteiger partial charge in [-0.2, -0.15) is 0 Å². The minimum absolute atomic E-state index is 0.0145. The zero-order valence-corrected chi connectivity index (χ0v) is 12.4. The normalized spacial score (nSPS) is 23.2. The van der Waals surface area contributed by atoms with Crippen molar-refractivity contribution in [2.75, 3.05) is 40.0 Å². The summed E-state index contributed by atoms with van der Waals surface area (Å²) >= 11 is 0. The molecule has 0 aliphatic carbocycles. The Morgan fingerprint density at radius 3 is 2.32 bits per heavy atom. The molecule has 0 spiro atoms. The van der Waals surface area contributed by atoms with Crippen molar-refractivity contribution in [3.05, 3.63) is 0 Å². The molecule has 1 aliphatic rings. The Labute approximate surface area is 116 Å². The lowest BCUT2D eigenvalue weighted by molar-refractivity contribution is -0.0433. The van der Waals surface area contributed by atoms with Crippen molar-refractivity contribution in [3.8, 4) is 0 Å². The molecule has 1 fully saturated rings. The number of β-amino-alcohol motifs (C(OH)–C–C–N with tert-alkyl or cyclic N) is 1. The average Bonchev–Trinajstić information content (AvgIpc) is 2.37. The summed E-state index contributed by atoms with van der Waals surface area (Å²) in [5.74, 6) is 0.409. The first-order chi connectivity index (χ1) is 9.02. The van der Waals surface area contributed by atoms with Crippen molar-refractivity contribution in [2.45, 2.75) is 45.0 Å². The molecule has 0 aromatic carbocycles. The Balaban J connectivity index is 2.14.